The van der Waals surface area contributed by atoms with Gasteiger partial charge in [-0.25, -0.2) is 4.98 Å². The maximum Gasteiger partial charge on any atom is 0.138 e. The standard InChI is InChI=1S/C16H16N2/c1-11(2)12-6-5-7-13(10-12)16-17-14-8-3-4-9-15(14)18-16/h3-11H,1-2H3,(H,17,18). The molecule has 3 aromatic rings. The molecule has 0 spiro atoms. The molecule has 0 saturated heterocycles. The number of rotatable bonds is 2. The molecule has 1 aromatic heterocycles. The lowest BCUT2D eigenvalue weighted by Crippen LogP contribution is -1.88. The van der Waals surface area contributed by atoms with Gasteiger partial charge >= 0.3 is 0 Å². The average molecular weight is 236 g/mol. The summed E-state index contributed by atoms with van der Waals surface area (Å²) >= 11 is 0. The van der Waals surface area contributed by atoms with E-state index in [1.54, 1.807) is 0 Å². The first-order valence-corrected chi connectivity index (χ1v) is 6.29. The van der Waals surface area contributed by atoms with Crippen molar-refractivity contribution >= 4 is 11.0 Å². The van der Waals surface area contributed by atoms with Crippen LogP contribution in [0.25, 0.3) is 22.4 Å². The van der Waals surface area contributed by atoms with E-state index in [0.717, 1.165) is 22.4 Å². The Labute approximate surface area is 107 Å². The highest BCUT2D eigenvalue weighted by atomic mass is 14.9. The highest BCUT2D eigenvalue weighted by molar-refractivity contribution is 5.79. The minimum Gasteiger partial charge on any atom is -0.338 e. The van der Waals surface area contributed by atoms with Crippen molar-refractivity contribution in [2.45, 2.75) is 19.8 Å². The molecule has 0 radical (unpaired) electrons. The van der Waals surface area contributed by atoms with Gasteiger partial charge in [0, 0.05) is 5.56 Å². The molecule has 0 saturated carbocycles. The lowest BCUT2D eigenvalue weighted by Gasteiger charge is -2.06. The summed E-state index contributed by atoms with van der Waals surface area (Å²) in [6.45, 7) is 4.41. The van der Waals surface area contributed by atoms with Crippen molar-refractivity contribution in [2.24, 2.45) is 0 Å². The van der Waals surface area contributed by atoms with Gasteiger partial charge in [0.15, 0.2) is 0 Å². The summed E-state index contributed by atoms with van der Waals surface area (Å²) in [5.41, 5.74) is 4.59. The van der Waals surface area contributed by atoms with Crippen molar-refractivity contribution in [2.75, 3.05) is 0 Å². The van der Waals surface area contributed by atoms with Crippen LogP contribution in [0.4, 0.5) is 0 Å². The molecule has 0 aliphatic heterocycles. The Morgan fingerprint density at radius 1 is 1.00 bits per heavy atom. The molecule has 0 atom stereocenters. The second-order valence-corrected chi connectivity index (χ2v) is 4.88. The summed E-state index contributed by atoms with van der Waals surface area (Å²) in [7, 11) is 0. The zero-order valence-electron chi connectivity index (χ0n) is 10.6. The first-order valence-electron chi connectivity index (χ1n) is 6.29. The van der Waals surface area contributed by atoms with Gasteiger partial charge in [0.2, 0.25) is 0 Å². The Morgan fingerprint density at radius 3 is 2.61 bits per heavy atom. The van der Waals surface area contributed by atoms with E-state index in [1.165, 1.54) is 5.56 Å². The Morgan fingerprint density at radius 2 is 1.83 bits per heavy atom. The molecule has 0 amide bonds. The topological polar surface area (TPSA) is 28.7 Å². The van der Waals surface area contributed by atoms with Gasteiger partial charge in [0.1, 0.15) is 5.82 Å². The predicted octanol–water partition coefficient (Wildman–Crippen LogP) is 4.35. The van der Waals surface area contributed by atoms with Crippen LogP contribution >= 0.6 is 0 Å². The lowest BCUT2D eigenvalue weighted by atomic mass is 10.0. The van der Waals surface area contributed by atoms with Gasteiger partial charge < -0.3 is 4.98 Å². The number of fused-ring (bicyclic) bond motifs is 1. The summed E-state index contributed by atoms with van der Waals surface area (Å²) in [4.78, 5) is 7.99. The van der Waals surface area contributed by atoms with Crippen LogP contribution in [0.2, 0.25) is 0 Å². The van der Waals surface area contributed by atoms with Gasteiger partial charge in [0.25, 0.3) is 0 Å². The third-order valence-corrected chi connectivity index (χ3v) is 3.22. The third-order valence-electron chi connectivity index (χ3n) is 3.22. The molecule has 1 heterocycles. The van der Waals surface area contributed by atoms with Crippen LogP contribution in [-0.4, -0.2) is 9.97 Å². The molecule has 2 aromatic carbocycles. The predicted molar refractivity (Wildman–Crippen MR) is 75.6 cm³/mol. The number of aromatic amines is 1. The summed E-state index contributed by atoms with van der Waals surface area (Å²) in [5.74, 6) is 1.48. The van der Waals surface area contributed by atoms with Gasteiger partial charge in [-0.15, -0.1) is 0 Å². The second-order valence-electron chi connectivity index (χ2n) is 4.88. The molecule has 1 N–H and O–H groups in total. The van der Waals surface area contributed by atoms with E-state index in [2.05, 4.69) is 54.1 Å². The normalized spacial score (nSPS) is 11.3. The number of hydrogen-bond acceptors (Lipinski definition) is 1. The maximum absolute atomic E-state index is 4.63. The van der Waals surface area contributed by atoms with Crippen LogP contribution in [0, 0.1) is 0 Å². The molecule has 2 heteroatoms. The van der Waals surface area contributed by atoms with E-state index in [-0.39, 0.29) is 0 Å². The van der Waals surface area contributed by atoms with Crippen molar-refractivity contribution in [1.29, 1.82) is 0 Å². The summed E-state index contributed by atoms with van der Waals surface area (Å²) < 4.78 is 0. The van der Waals surface area contributed by atoms with Gasteiger partial charge in [-0.3, -0.25) is 0 Å². The Hall–Kier alpha value is -2.09. The molecule has 2 nitrogen and oxygen atoms in total. The van der Waals surface area contributed by atoms with Crippen molar-refractivity contribution in [3.63, 3.8) is 0 Å². The second kappa shape index (κ2) is 4.30. The van der Waals surface area contributed by atoms with E-state index in [1.807, 2.05) is 18.2 Å². The van der Waals surface area contributed by atoms with Crippen LogP contribution in [0.5, 0.6) is 0 Å². The number of hydrogen-bond donors (Lipinski definition) is 1. The Kier molecular flexibility index (Phi) is 2.63. The number of imidazole rings is 1. The van der Waals surface area contributed by atoms with Crippen LogP contribution in [-0.2, 0) is 0 Å². The highest BCUT2D eigenvalue weighted by Crippen LogP contribution is 2.23. The largest absolute Gasteiger partial charge is 0.338 e. The Bertz CT molecular complexity index is 647. The molecular weight excluding hydrogens is 220 g/mol. The highest BCUT2D eigenvalue weighted by Gasteiger charge is 2.06. The number of para-hydroxylation sites is 2. The monoisotopic (exact) mass is 236 g/mol. The van der Waals surface area contributed by atoms with Crippen molar-refractivity contribution in [1.82, 2.24) is 9.97 Å². The molecule has 0 aliphatic rings. The smallest absolute Gasteiger partial charge is 0.138 e. The van der Waals surface area contributed by atoms with E-state index in [4.69, 9.17) is 0 Å². The van der Waals surface area contributed by atoms with Crippen LogP contribution in [0.15, 0.2) is 48.5 Å². The van der Waals surface area contributed by atoms with Crippen LogP contribution in [0.3, 0.4) is 0 Å². The molecule has 3 rings (SSSR count). The molecule has 0 bridgehead atoms. The van der Waals surface area contributed by atoms with E-state index < -0.39 is 0 Å². The van der Waals surface area contributed by atoms with Gasteiger partial charge in [-0.1, -0.05) is 44.2 Å². The molecule has 0 fully saturated rings. The van der Waals surface area contributed by atoms with Crippen LogP contribution in [0.1, 0.15) is 25.3 Å². The van der Waals surface area contributed by atoms with Gasteiger partial charge in [-0.2, -0.15) is 0 Å². The third kappa shape index (κ3) is 1.90. The Balaban J connectivity index is 2.11. The van der Waals surface area contributed by atoms with Crippen LogP contribution < -0.4 is 0 Å². The fraction of sp³-hybridized carbons (Fsp3) is 0.188. The number of benzene rings is 2. The number of nitrogens with zero attached hydrogens (tertiary/aromatic N) is 1. The fourth-order valence-electron chi connectivity index (χ4n) is 2.13. The number of aromatic nitrogens is 2. The minimum absolute atomic E-state index is 0.536. The van der Waals surface area contributed by atoms with Gasteiger partial charge in [0.05, 0.1) is 11.0 Å². The number of nitrogens with one attached hydrogen (secondary N) is 1. The average Bonchev–Trinajstić information content (AvgIpc) is 2.82. The van der Waals surface area contributed by atoms with E-state index in [0.29, 0.717) is 5.92 Å². The van der Waals surface area contributed by atoms with E-state index in [9.17, 15) is 0 Å². The zero-order chi connectivity index (χ0) is 12.5. The lowest BCUT2D eigenvalue weighted by molar-refractivity contribution is 0.867. The first kappa shape index (κ1) is 11.0. The summed E-state index contributed by atoms with van der Waals surface area (Å²) in [5, 5.41) is 0. The molecule has 18 heavy (non-hydrogen) atoms. The first-order chi connectivity index (χ1) is 8.74. The maximum atomic E-state index is 4.63. The van der Waals surface area contributed by atoms with Crippen molar-refractivity contribution < 1.29 is 0 Å². The fourth-order valence-corrected chi connectivity index (χ4v) is 2.13. The quantitative estimate of drug-likeness (QED) is 0.704. The summed E-state index contributed by atoms with van der Waals surface area (Å²) in [6, 6.07) is 16.7. The van der Waals surface area contributed by atoms with Crippen molar-refractivity contribution in [3.05, 3.63) is 54.1 Å². The molecular formula is C16H16N2. The zero-order valence-corrected chi connectivity index (χ0v) is 10.6. The number of H-pyrrole nitrogens is 1. The molecule has 0 aliphatic carbocycles. The molecule has 0 unspecified atom stereocenters. The van der Waals surface area contributed by atoms with Gasteiger partial charge in [-0.05, 0) is 29.7 Å². The minimum atomic E-state index is 0.536. The SMILES string of the molecule is CC(C)c1cccc(-c2nc3ccccc3[nH]2)c1. The summed E-state index contributed by atoms with van der Waals surface area (Å²) in [6.07, 6.45) is 0. The molecule has 90 valence electrons. The van der Waals surface area contributed by atoms with E-state index >= 15 is 0 Å². The van der Waals surface area contributed by atoms with Crippen molar-refractivity contribution in [3.8, 4) is 11.4 Å².